The topological polar surface area (TPSA) is 92.0 Å². The van der Waals surface area contributed by atoms with Gasteiger partial charge in [-0.1, -0.05) is 17.7 Å². The quantitative estimate of drug-likeness (QED) is 0.497. The zero-order chi connectivity index (χ0) is 16.6. The molecule has 2 aliphatic rings. The smallest absolute Gasteiger partial charge is 0.314 e. The van der Waals surface area contributed by atoms with Gasteiger partial charge in [0.1, 0.15) is 11.4 Å². The van der Waals surface area contributed by atoms with Crippen LogP contribution in [0.15, 0.2) is 29.8 Å². The van der Waals surface area contributed by atoms with Gasteiger partial charge in [0.05, 0.1) is 4.92 Å². The minimum absolute atomic E-state index is 0.00257. The minimum Gasteiger partial charge on any atom is -0.373 e. The summed E-state index contributed by atoms with van der Waals surface area (Å²) < 4.78 is 5.22. The monoisotopic (exact) mass is 340 g/mol. The van der Waals surface area contributed by atoms with Gasteiger partial charge in [0.25, 0.3) is 0 Å². The van der Waals surface area contributed by atoms with Gasteiger partial charge < -0.3 is 19.6 Å². The van der Waals surface area contributed by atoms with Crippen LogP contribution < -0.4 is 0 Å². The van der Waals surface area contributed by atoms with Crippen LogP contribution in [0.3, 0.4) is 0 Å². The first-order valence-corrected chi connectivity index (χ1v) is 7.60. The number of hydrogen-bond acceptors (Lipinski definition) is 7. The lowest BCUT2D eigenvalue weighted by Gasteiger charge is -2.34. The molecular formula is C14H17ClN4O4. The normalized spacial score (nSPS) is 24.1. The first-order chi connectivity index (χ1) is 11.0. The van der Waals surface area contributed by atoms with Crippen molar-refractivity contribution in [2.75, 3.05) is 20.2 Å². The maximum atomic E-state index is 11.5. The summed E-state index contributed by atoms with van der Waals surface area (Å²) in [6.07, 6.45) is 0.319. The Labute approximate surface area is 138 Å². The fourth-order valence-electron chi connectivity index (χ4n) is 3.08. The van der Waals surface area contributed by atoms with Crippen molar-refractivity contribution < 1.29 is 14.8 Å². The van der Waals surface area contributed by atoms with E-state index in [0.717, 1.165) is 5.56 Å². The van der Waals surface area contributed by atoms with Crippen molar-refractivity contribution in [3.05, 3.63) is 50.7 Å². The van der Waals surface area contributed by atoms with E-state index >= 15 is 0 Å². The van der Waals surface area contributed by atoms with Crippen LogP contribution in [0.1, 0.15) is 12.0 Å². The third-order valence-electron chi connectivity index (χ3n) is 4.14. The number of ether oxygens (including phenoxy) is 1. The lowest BCUT2D eigenvalue weighted by molar-refractivity contribution is -0.443. The first-order valence-electron chi connectivity index (χ1n) is 7.22. The maximum Gasteiger partial charge on any atom is 0.314 e. The highest BCUT2D eigenvalue weighted by atomic mass is 35.5. The zero-order valence-corrected chi connectivity index (χ0v) is 13.3. The molecule has 9 heteroatoms. The maximum absolute atomic E-state index is 11.5. The molecule has 1 aromatic heterocycles. The van der Waals surface area contributed by atoms with Crippen LogP contribution in [-0.4, -0.2) is 57.3 Å². The van der Waals surface area contributed by atoms with Gasteiger partial charge in [-0.05, 0) is 11.6 Å². The van der Waals surface area contributed by atoms with Gasteiger partial charge >= 0.3 is 5.70 Å². The van der Waals surface area contributed by atoms with Gasteiger partial charge in [-0.15, -0.1) is 0 Å². The molecule has 2 atom stereocenters. The molecule has 1 saturated heterocycles. The Kier molecular flexibility index (Phi) is 4.38. The minimum atomic E-state index is -0.785. The second kappa shape index (κ2) is 6.31. The van der Waals surface area contributed by atoms with E-state index in [0.29, 0.717) is 30.6 Å². The Bertz CT molecular complexity index is 636. The third-order valence-corrected chi connectivity index (χ3v) is 4.37. The Morgan fingerprint density at radius 3 is 2.91 bits per heavy atom. The highest BCUT2D eigenvalue weighted by molar-refractivity contribution is 6.29. The van der Waals surface area contributed by atoms with Gasteiger partial charge in [-0.3, -0.25) is 10.1 Å². The number of pyridine rings is 1. The predicted octanol–water partition coefficient (Wildman–Crippen LogP) is 1.04. The van der Waals surface area contributed by atoms with E-state index in [-0.39, 0.29) is 12.1 Å². The number of fused-ring (bicyclic) bond motifs is 1. The molecule has 23 heavy (non-hydrogen) atoms. The number of aliphatic hydroxyl groups is 1. The van der Waals surface area contributed by atoms with Gasteiger partial charge in [0, 0.05) is 39.4 Å². The third kappa shape index (κ3) is 2.97. The van der Waals surface area contributed by atoms with Crippen molar-refractivity contribution in [1.29, 1.82) is 0 Å². The van der Waals surface area contributed by atoms with E-state index in [4.69, 9.17) is 16.3 Å². The summed E-state index contributed by atoms with van der Waals surface area (Å²) in [5.41, 5.74) is 0.887. The summed E-state index contributed by atoms with van der Waals surface area (Å²) in [5.74, 6) is 0.426. The van der Waals surface area contributed by atoms with Crippen molar-refractivity contribution in [3.63, 3.8) is 0 Å². The Hall–Kier alpha value is -1.90. The Balaban J connectivity index is 1.95. The van der Waals surface area contributed by atoms with Crippen LogP contribution in [0.5, 0.6) is 0 Å². The second-order valence-electron chi connectivity index (χ2n) is 5.51. The molecule has 0 amide bonds. The molecule has 1 N–H and O–H groups in total. The first kappa shape index (κ1) is 16.0. The van der Waals surface area contributed by atoms with Crippen LogP contribution in [0.4, 0.5) is 0 Å². The summed E-state index contributed by atoms with van der Waals surface area (Å²) in [4.78, 5) is 18.7. The van der Waals surface area contributed by atoms with Crippen LogP contribution >= 0.6 is 11.6 Å². The second-order valence-corrected chi connectivity index (χ2v) is 5.90. The lowest BCUT2D eigenvalue weighted by Crippen LogP contribution is -2.44. The molecule has 0 bridgehead atoms. The molecule has 3 heterocycles. The van der Waals surface area contributed by atoms with Gasteiger partial charge in [-0.25, -0.2) is 4.98 Å². The molecule has 0 spiro atoms. The fourth-order valence-corrected chi connectivity index (χ4v) is 3.19. The Morgan fingerprint density at radius 2 is 2.30 bits per heavy atom. The lowest BCUT2D eigenvalue weighted by atomic mass is 10.1. The molecular weight excluding hydrogens is 324 g/mol. The average molecular weight is 341 g/mol. The molecule has 1 aromatic rings. The molecule has 3 rings (SSSR count). The predicted molar refractivity (Wildman–Crippen MR) is 81.8 cm³/mol. The largest absolute Gasteiger partial charge is 0.373 e. The molecule has 2 unspecified atom stereocenters. The van der Waals surface area contributed by atoms with Crippen LogP contribution in [0.2, 0.25) is 5.15 Å². The van der Waals surface area contributed by atoms with Crippen LogP contribution in [0.25, 0.3) is 0 Å². The van der Waals surface area contributed by atoms with Gasteiger partial charge in [0.15, 0.2) is 11.9 Å². The fraction of sp³-hybridized carbons (Fsp3) is 0.500. The molecule has 1 fully saturated rings. The molecule has 124 valence electrons. The van der Waals surface area contributed by atoms with Gasteiger partial charge in [-0.2, -0.15) is 0 Å². The summed E-state index contributed by atoms with van der Waals surface area (Å²) in [7, 11) is 1.42. The van der Waals surface area contributed by atoms with E-state index in [2.05, 4.69) is 4.98 Å². The SMILES string of the molecule is COC1CC(O)N2CCN(Cc3ccc(Cl)nc3)C2=C1[N+](=O)[O-]. The van der Waals surface area contributed by atoms with Crippen LogP contribution in [0, 0.1) is 10.1 Å². The summed E-state index contributed by atoms with van der Waals surface area (Å²) in [6, 6.07) is 3.51. The number of nitro groups is 1. The van der Waals surface area contributed by atoms with Crippen molar-refractivity contribution in [2.45, 2.75) is 25.3 Å². The highest BCUT2D eigenvalue weighted by Crippen LogP contribution is 2.34. The van der Waals surface area contributed by atoms with E-state index in [1.807, 2.05) is 11.0 Å². The summed E-state index contributed by atoms with van der Waals surface area (Å²) in [5, 5.41) is 22.1. The van der Waals surface area contributed by atoms with E-state index in [1.165, 1.54) is 7.11 Å². The standard InChI is InChI=1S/C14H17ClN4O4/c1-23-10-6-12(20)18-5-4-17(14(18)13(10)19(21)22)8-9-2-3-11(15)16-7-9/h2-3,7,10,12,20H,4-6,8H2,1H3. The molecule has 0 radical (unpaired) electrons. The number of methoxy groups -OCH3 is 1. The molecule has 0 saturated carbocycles. The molecule has 2 aliphatic heterocycles. The number of aromatic nitrogens is 1. The number of halogens is 1. The van der Waals surface area contributed by atoms with Crippen molar-refractivity contribution in [3.8, 4) is 0 Å². The summed E-state index contributed by atoms with van der Waals surface area (Å²) in [6.45, 7) is 1.57. The highest BCUT2D eigenvalue weighted by Gasteiger charge is 2.46. The number of nitrogens with zero attached hydrogens (tertiary/aromatic N) is 4. The molecule has 8 nitrogen and oxygen atoms in total. The summed E-state index contributed by atoms with van der Waals surface area (Å²) >= 11 is 5.78. The zero-order valence-electron chi connectivity index (χ0n) is 12.6. The average Bonchev–Trinajstić information content (AvgIpc) is 2.93. The number of aliphatic hydroxyl groups excluding tert-OH is 1. The molecule has 0 aromatic carbocycles. The Morgan fingerprint density at radius 1 is 1.52 bits per heavy atom. The van der Waals surface area contributed by atoms with Crippen molar-refractivity contribution in [2.24, 2.45) is 0 Å². The van der Waals surface area contributed by atoms with Gasteiger partial charge in [0.2, 0.25) is 0 Å². The van der Waals surface area contributed by atoms with E-state index in [9.17, 15) is 15.2 Å². The van der Waals surface area contributed by atoms with E-state index in [1.54, 1.807) is 17.2 Å². The number of hydrogen-bond donors (Lipinski definition) is 1. The van der Waals surface area contributed by atoms with Crippen molar-refractivity contribution in [1.82, 2.24) is 14.8 Å². The number of rotatable bonds is 4. The van der Waals surface area contributed by atoms with Crippen LogP contribution in [-0.2, 0) is 11.3 Å². The van der Waals surface area contributed by atoms with Crippen molar-refractivity contribution >= 4 is 11.6 Å². The molecule has 0 aliphatic carbocycles. The van der Waals surface area contributed by atoms with E-state index < -0.39 is 17.3 Å².